The molecule has 1 saturated heterocycles. The van der Waals surface area contributed by atoms with Crippen LogP contribution in [0.1, 0.15) is 24.3 Å². The summed E-state index contributed by atoms with van der Waals surface area (Å²) in [5.74, 6) is 0.582. The molecule has 0 aliphatic carbocycles. The highest BCUT2D eigenvalue weighted by molar-refractivity contribution is 7.22. The number of nitrogen functional groups attached to an aromatic ring is 1. The first-order valence-corrected chi connectivity index (χ1v) is 6.39. The fourth-order valence-electron chi connectivity index (χ4n) is 2.33. The number of hydrogen-bond donors (Lipinski definition) is 1. The molecule has 2 heterocycles. The summed E-state index contributed by atoms with van der Waals surface area (Å²) in [6, 6.07) is 6.37. The maximum Gasteiger partial charge on any atom is 0.181 e. The van der Waals surface area contributed by atoms with E-state index in [4.69, 9.17) is 10.5 Å². The molecule has 0 unspecified atom stereocenters. The van der Waals surface area contributed by atoms with E-state index in [1.54, 1.807) is 11.3 Å². The third kappa shape index (κ3) is 1.68. The first-order valence-electron chi connectivity index (χ1n) is 5.57. The SMILES string of the molecule is Nc1nc2c(C3CCOCC3)cccc2s1. The molecule has 1 aliphatic rings. The van der Waals surface area contributed by atoms with Crippen molar-refractivity contribution < 1.29 is 4.74 Å². The van der Waals surface area contributed by atoms with Gasteiger partial charge >= 0.3 is 0 Å². The number of rotatable bonds is 1. The molecule has 84 valence electrons. The van der Waals surface area contributed by atoms with E-state index in [1.165, 1.54) is 10.3 Å². The Bertz CT molecular complexity index is 503. The van der Waals surface area contributed by atoms with Gasteiger partial charge in [-0.3, -0.25) is 0 Å². The first-order chi connectivity index (χ1) is 7.84. The predicted molar refractivity (Wildman–Crippen MR) is 66.8 cm³/mol. The van der Waals surface area contributed by atoms with Crippen molar-refractivity contribution in [3.8, 4) is 0 Å². The van der Waals surface area contributed by atoms with Crippen molar-refractivity contribution >= 4 is 26.7 Å². The smallest absolute Gasteiger partial charge is 0.181 e. The average molecular weight is 234 g/mol. The maximum atomic E-state index is 5.77. The molecule has 0 spiro atoms. The molecule has 0 saturated carbocycles. The molecule has 4 heteroatoms. The summed E-state index contributed by atoms with van der Waals surface area (Å²) < 4.78 is 6.59. The maximum absolute atomic E-state index is 5.77. The molecule has 1 fully saturated rings. The van der Waals surface area contributed by atoms with Crippen molar-refractivity contribution in [2.45, 2.75) is 18.8 Å². The minimum absolute atomic E-state index is 0.582. The highest BCUT2D eigenvalue weighted by Gasteiger charge is 2.19. The van der Waals surface area contributed by atoms with Crippen molar-refractivity contribution in [1.29, 1.82) is 0 Å². The van der Waals surface area contributed by atoms with E-state index in [1.807, 2.05) is 0 Å². The van der Waals surface area contributed by atoms with Gasteiger partial charge in [0.05, 0.1) is 10.2 Å². The van der Waals surface area contributed by atoms with Gasteiger partial charge in [-0.25, -0.2) is 4.98 Å². The van der Waals surface area contributed by atoms with Gasteiger partial charge in [0.2, 0.25) is 0 Å². The molecule has 16 heavy (non-hydrogen) atoms. The Morgan fingerprint density at radius 1 is 1.31 bits per heavy atom. The minimum Gasteiger partial charge on any atom is -0.381 e. The highest BCUT2D eigenvalue weighted by Crippen LogP contribution is 2.34. The van der Waals surface area contributed by atoms with Crippen LogP contribution in [0.5, 0.6) is 0 Å². The Hall–Kier alpha value is -1.13. The molecule has 0 radical (unpaired) electrons. The fraction of sp³-hybridized carbons (Fsp3) is 0.417. The van der Waals surface area contributed by atoms with Crippen LogP contribution in [0.2, 0.25) is 0 Å². The zero-order valence-corrected chi connectivity index (χ0v) is 9.80. The van der Waals surface area contributed by atoms with Crippen LogP contribution in [0.3, 0.4) is 0 Å². The Balaban J connectivity index is 2.07. The van der Waals surface area contributed by atoms with Crippen LogP contribution in [0.15, 0.2) is 18.2 Å². The second kappa shape index (κ2) is 4.03. The number of fused-ring (bicyclic) bond motifs is 1. The van der Waals surface area contributed by atoms with Gasteiger partial charge in [0.15, 0.2) is 5.13 Å². The second-order valence-corrected chi connectivity index (χ2v) is 5.19. The van der Waals surface area contributed by atoms with Gasteiger partial charge in [-0.05, 0) is 30.4 Å². The lowest BCUT2D eigenvalue weighted by molar-refractivity contribution is 0.0856. The van der Waals surface area contributed by atoms with Crippen LogP contribution in [0.25, 0.3) is 10.2 Å². The molecule has 0 amide bonds. The Kier molecular flexibility index (Phi) is 2.53. The summed E-state index contributed by atoms with van der Waals surface area (Å²) in [6.07, 6.45) is 2.19. The van der Waals surface area contributed by atoms with Crippen molar-refractivity contribution in [3.63, 3.8) is 0 Å². The summed E-state index contributed by atoms with van der Waals surface area (Å²) in [4.78, 5) is 4.44. The summed E-state index contributed by atoms with van der Waals surface area (Å²) in [7, 11) is 0. The molecule has 3 nitrogen and oxygen atoms in total. The van der Waals surface area contributed by atoms with Crippen LogP contribution in [0.4, 0.5) is 5.13 Å². The van der Waals surface area contributed by atoms with Gasteiger partial charge in [0.25, 0.3) is 0 Å². The topological polar surface area (TPSA) is 48.1 Å². The van der Waals surface area contributed by atoms with Gasteiger partial charge in [-0.1, -0.05) is 23.5 Å². The van der Waals surface area contributed by atoms with E-state index in [0.717, 1.165) is 31.6 Å². The number of thiazole rings is 1. The van der Waals surface area contributed by atoms with Crippen LogP contribution in [-0.4, -0.2) is 18.2 Å². The number of para-hydroxylation sites is 1. The van der Waals surface area contributed by atoms with Gasteiger partial charge in [0, 0.05) is 13.2 Å². The number of nitrogens with zero attached hydrogens (tertiary/aromatic N) is 1. The van der Waals surface area contributed by atoms with Crippen molar-refractivity contribution in [3.05, 3.63) is 23.8 Å². The predicted octanol–water partition coefficient (Wildman–Crippen LogP) is 2.77. The van der Waals surface area contributed by atoms with Gasteiger partial charge < -0.3 is 10.5 Å². The normalized spacial score (nSPS) is 18.0. The monoisotopic (exact) mass is 234 g/mol. The molecular weight excluding hydrogens is 220 g/mol. The largest absolute Gasteiger partial charge is 0.381 e. The third-order valence-corrected chi connectivity index (χ3v) is 3.98. The Morgan fingerprint density at radius 3 is 2.94 bits per heavy atom. The second-order valence-electron chi connectivity index (χ2n) is 4.13. The van der Waals surface area contributed by atoms with E-state index < -0.39 is 0 Å². The van der Waals surface area contributed by atoms with E-state index >= 15 is 0 Å². The van der Waals surface area contributed by atoms with Crippen LogP contribution >= 0.6 is 11.3 Å². The molecule has 1 aliphatic heterocycles. The number of hydrogen-bond acceptors (Lipinski definition) is 4. The first kappa shape index (κ1) is 10.1. The molecule has 1 aromatic heterocycles. The molecule has 2 N–H and O–H groups in total. The zero-order chi connectivity index (χ0) is 11.0. The lowest BCUT2D eigenvalue weighted by Gasteiger charge is -2.22. The molecule has 0 atom stereocenters. The number of aromatic nitrogens is 1. The van der Waals surface area contributed by atoms with Crippen molar-refractivity contribution in [1.82, 2.24) is 4.98 Å². The molecule has 2 aromatic rings. The minimum atomic E-state index is 0.582. The van der Waals surface area contributed by atoms with Crippen molar-refractivity contribution in [2.75, 3.05) is 18.9 Å². The van der Waals surface area contributed by atoms with Crippen LogP contribution in [-0.2, 0) is 4.74 Å². The lowest BCUT2D eigenvalue weighted by atomic mass is 9.91. The third-order valence-electron chi connectivity index (χ3n) is 3.13. The average Bonchev–Trinajstić information content (AvgIpc) is 2.70. The fourth-order valence-corrected chi connectivity index (χ4v) is 3.09. The van der Waals surface area contributed by atoms with Gasteiger partial charge in [0.1, 0.15) is 0 Å². The molecular formula is C12H14N2OS. The Morgan fingerprint density at radius 2 is 2.12 bits per heavy atom. The Labute approximate surface area is 98.2 Å². The summed E-state index contributed by atoms with van der Waals surface area (Å²) in [5, 5.41) is 0.662. The van der Waals surface area contributed by atoms with E-state index in [0.29, 0.717) is 11.0 Å². The van der Waals surface area contributed by atoms with Crippen molar-refractivity contribution in [2.24, 2.45) is 0 Å². The van der Waals surface area contributed by atoms with Crippen LogP contribution in [0, 0.1) is 0 Å². The number of ether oxygens (including phenoxy) is 1. The number of anilines is 1. The standard InChI is InChI=1S/C12H14N2OS/c13-12-14-11-9(2-1-3-10(11)16-12)8-4-6-15-7-5-8/h1-3,8H,4-7H2,(H2,13,14). The number of benzene rings is 1. The zero-order valence-electron chi connectivity index (χ0n) is 8.98. The number of nitrogens with two attached hydrogens (primary N) is 1. The molecule has 0 bridgehead atoms. The lowest BCUT2D eigenvalue weighted by Crippen LogP contribution is -2.14. The van der Waals surface area contributed by atoms with Gasteiger partial charge in [-0.2, -0.15) is 0 Å². The summed E-state index contributed by atoms with van der Waals surface area (Å²) in [5.41, 5.74) is 8.21. The van der Waals surface area contributed by atoms with E-state index in [9.17, 15) is 0 Å². The van der Waals surface area contributed by atoms with Gasteiger partial charge in [-0.15, -0.1) is 0 Å². The summed E-state index contributed by atoms with van der Waals surface area (Å²) >= 11 is 1.57. The molecule has 3 rings (SSSR count). The van der Waals surface area contributed by atoms with Crippen LogP contribution < -0.4 is 5.73 Å². The highest BCUT2D eigenvalue weighted by atomic mass is 32.1. The summed E-state index contributed by atoms with van der Waals surface area (Å²) in [6.45, 7) is 1.72. The molecule has 1 aromatic carbocycles. The quantitative estimate of drug-likeness (QED) is 0.825. The van der Waals surface area contributed by atoms with E-state index in [2.05, 4.69) is 23.2 Å². The van der Waals surface area contributed by atoms with E-state index in [-0.39, 0.29) is 0 Å².